The number of fused-ring (bicyclic) bond motifs is 1. The second kappa shape index (κ2) is 14.2. The second-order valence-electron chi connectivity index (χ2n) is 12.5. The summed E-state index contributed by atoms with van der Waals surface area (Å²) >= 11 is 1.64. The number of carboxylic acids is 1. The van der Waals surface area contributed by atoms with Gasteiger partial charge in [0.15, 0.2) is 0 Å². The fourth-order valence-electron chi connectivity index (χ4n) is 6.30. The molecule has 48 heavy (non-hydrogen) atoms. The monoisotopic (exact) mass is 689 g/mol. The van der Waals surface area contributed by atoms with Gasteiger partial charge in [0.1, 0.15) is 18.0 Å². The van der Waals surface area contributed by atoms with E-state index in [9.17, 15) is 22.8 Å². The number of aryl methyl sites for hydroxylation is 1. The number of carboxylic acid groups (broad SMARTS) is 1. The van der Waals surface area contributed by atoms with Crippen molar-refractivity contribution in [3.05, 3.63) is 64.2 Å². The number of nitrogens with two attached hydrogens (primary N) is 1. The smallest absolute Gasteiger partial charge is 0.475 e. The molecule has 1 atom stereocenters. The van der Waals surface area contributed by atoms with Crippen LogP contribution in [0.15, 0.2) is 35.6 Å². The number of thioether (sulfide) groups is 1. The minimum atomic E-state index is -5.08. The number of ether oxygens (including phenoxy) is 1. The first-order chi connectivity index (χ1) is 22.7. The molecule has 3 aromatic rings. The Morgan fingerprint density at radius 2 is 1.94 bits per heavy atom. The van der Waals surface area contributed by atoms with Crippen molar-refractivity contribution in [1.29, 1.82) is 0 Å². The molecular formula is C32H38F3N7O5S. The predicted octanol–water partition coefficient (Wildman–Crippen LogP) is 3.96. The van der Waals surface area contributed by atoms with Crippen LogP contribution in [0.25, 0.3) is 0 Å². The third kappa shape index (κ3) is 7.65. The minimum Gasteiger partial charge on any atom is -0.475 e. The Balaban J connectivity index is 0.000000582. The molecule has 2 fully saturated rings. The number of carbonyl (C=O) groups is 3. The number of nitrogens with zero attached hydrogens (tertiary/aromatic N) is 6. The third-order valence-corrected chi connectivity index (χ3v) is 9.58. The van der Waals surface area contributed by atoms with Gasteiger partial charge in [0.2, 0.25) is 5.91 Å². The first kappa shape index (κ1) is 35.3. The van der Waals surface area contributed by atoms with Gasteiger partial charge in [-0.15, -0.1) is 22.0 Å². The van der Waals surface area contributed by atoms with Crippen molar-refractivity contribution in [2.24, 2.45) is 18.7 Å². The average molecular weight is 690 g/mol. The van der Waals surface area contributed by atoms with Crippen molar-refractivity contribution in [1.82, 2.24) is 24.6 Å². The summed E-state index contributed by atoms with van der Waals surface area (Å²) in [6.45, 7) is 8.44. The van der Waals surface area contributed by atoms with Crippen LogP contribution >= 0.6 is 11.8 Å². The Hall–Kier alpha value is -4.02. The molecule has 0 saturated carbocycles. The molecule has 0 radical (unpaired) electrons. The normalized spacial score (nSPS) is 18.9. The molecule has 5 heterocycles. The fourth-order valence-corrected chi connectivity index (χ4v) is 6.96. The van der Waals surface area contributed by atoms with E-state index in [-0.39, 0.29) is 17.9 Å². The number of aromatic nitrogens is 4. The number of rotatable bonds is 9. The number of anilines is 1. The number of hydrogen-bond acceptors (Lipinski definition) is 9. The van der Waals surface area contributed by atoms with E-state index in [0.29, 0.717) is 54.6 Å². The summed E-state index contributed by atoms with van der Waals surface area (Å²) in [4.78, 5) is 44.4. The van der Waals surface area contributed by atoms with Gasteiger partial charge in [-0.3, -0.25) is 19.4 Å². The first-order valence-electron chi connectivity index (χ1n) is 15.6. The van der Waals surface area contributed by atoms with Gasteiger partial charge in [-0.2, -0.15) is 13.2 Å². The number of benzene rings is 1. The number of halogens is 3. The van der Waals surface area contributed by atoms with E-state index in [0.717, 1.165) is 47.2 Å². The van der Waals surface area contributed by atoms with E-state index in [1.807, 2.05) is 29.8 Å². The van der Waals surface area contributed by atoms with Crippen LogP contribution in [0.5, 0.6) is 0 Å². The highest BCUT2D eigenvalue weighted by atomic mass is 32.2. The molecule has 6 rings (SSSR count). The molecule has 3 aliphatic heterocycles. The summed E-state index contributed by atoms with van der Waals surface area (Å²) in [5.74, 6) is -0.483. The topological polar surface area (TPSA) is 157 Å². The van der Waals surface area contributed by atoms with Gasteiger partial charge in [-0.05, 0) is 72.0 Å². The molecule has 12 nitrogen and oxygen atoms in total. The van der Waals surface area contributed by atoms with Crippen molar-refractivity contribution in [2.45, 2.75) is 62.8 Å². The van der Waals surface area contributed by atoms with Crippen molar-refractivity contribution in [3.63, 3.8) is 0 Å². The van der Waals surface area contributed by atoms with Crippen molar-refractivity contribution in [2.75, 3.05) is 37.0 Å². The van der Waals surface area contributed by atoms with Crippen molar-refractivity contribution < 1.29 is 37.4 Å². The van der Waals surface area contributed by atoms with Crippen LogP contribution in [-0.2, 0) is 41.5 Å². The molecule has 0 aliphatic carbocycles. The number of primary amides is 1. The standard InChI is InChI=1S/C30H37N7O3S.C2HF3O2/c1-4-41-27-11-21(30(16-40-17-30)12-26-34-32-18-35(26)3)10-25(33-27)37-15-24-22(28(31)38)8-20(9-23(24)29(37)39)14-36-7-5-6-19(2)13-36;3-2(4,5)1(6)7/h8-11,18-19H,4-7,12-17H2,1-3H3,(H2,31,38);(H,6,7)/t19-;/m0./s1. The van der Waals surface area contributed by atoms with Crippen LogP contribution in [0.4, 0.5) is 19.0 Å². The highest BCUT2D eigenvalue weighted by molar-refractivity contribution is 7.99. The average Bonchev–Trinajstić information content (AvgIpc) is 3.56. The zero-order valence-corrected chi connectivity index (χ0v) is 27.7. The lowest BCUT2D eigenvalue weighted by molar-refractivity contribution is -0.192. The summed E-state index contributed by atoms with van der Waals surface area (Å²) in [6.07, 6.45) is -0.320. The van der Waals surface area contributed by atoms with Gasteiger partial charge >= 0.3 is 12.1 Å². The van der Waals surface area contributed by atoms with Crippen molar-refractivity contribution in [3.8, 4) is 0 Å². The van der Waals surface area contributed by atoms with Gasteiger partial charge in [0.25, 0.3) is 5.91 Å². The maximum Gasteiger partial charge on any atom is 0.490 e. The van der Waals surface area contributed by atoms with Crippen LogP contribution in [-0.4, -0.2) is 85.8 Å². The molecule has 3 aliphatic rings. The van der Waals surface area contributed by atoms with Crippen LogP contribution in [0.3, 0.4) is 0 Å². The summed E-state index contributed by atoms with van der Waals surface area (Å²) in [6, 6.07) is 7.93. The van der Waals surface area contributed by atoms with E-state index in [4.69, 9.17) is 25.4 Å². The number of hydrogen-bond donors (Lipinski definition) is 2. The third-order valence-electron chi connectivity index (χ3n) is 8.78. The Bertz CT molecular complexity index is 1690. The molecule has 1 aromatic carbocycles. The summed E-state index contributed by atoms with van der Waals surface area (Å²) in [7, 11) is 1.94. The van der Waals surface area contributed by atoms with E-state index < -0.39 is 18.1 Å². The lowest BCUT2D eigenvalue weighted by atomic mass is 9.76. The Kier molecular flexibility index (Phi) is 10.5. The van der Waals surface area contributed by atoms with E-state index >= 15 is 0 Å². The molecule has 0 spiro atoms. The van der Waals surface area contributed by atoms with Gasteiger partial charge in [0, 0.05) is 43.1 Å². The zero-order valence-electron chi connectivity index (χ0n) is 26.9. The van der Waals surface area contributed by atoms with E-state index in [2.05, 4.69) is 35.0 Å². The van der Waals surface area contributed by atoms with E-state index in [1.165, 1.54) is 6.42 Å². The van der Waals surface area contributed by atoms with Crippen LogP contribution < -0.4 is 10.6 Å². The maximum absolute atomic E-state index is 14.0. The number of likely N-dealkylation sites (tertiary alicyclic amines) is 1. The Morgan fingerprint density at radius 3 is 2.50 bits per heavy atom. The Morgan fingerprint density at radius 1 is 1.21 bits per heavy atom. The molecule has 2 aromatic heterocycles. The van der Waals surface area contributed by atoms with E-state index in [1.54, 1.807) is 23.0 Å². The first-order valence-corrected chi connectivity index (χ1v) is 16.5. The summed E-state index contributed by atoms with van der Waals surface area (Å²) in [5.41, 5.74) is 9.22. The molecule has 258 valence electrons. The van der Waals surface area contributed by atoms with Crippen molar-refractivity contribution >= 4 is 35.4 Å². The van der Waals surface area contributed by atoms with Crippen LogP contribution in [0.2, 0.25) is 0 Å². The lowest BCUT2D eigenvalue weighted by Crippen LogP contribution is -2.49. The number of piperidine rings is 1. The Labute approximate surface area is 279 Å². The number of amides is 2. The van der Waals surface area contributed by atoms with Gasteiger partial charge < -0.3 is 20.1 Å². The highest BCUT2D eigenvalue weighted by Crippen LogP contribution is 2.40. The van der Waals surface area contributed by atoms with Gasteiger partial charge in [0.05, 0.1) is 24.8 Å². The number of alkyl halides is 3. The molecule has 2 amide bonds. The molecule has 0 bridgehead atoms. The quantitative estimate of drug-likeness (QED) is 0.316. The zero-order chi connectivity index (χ0) is 34.8. The van der Waals surface area contributed by atoms with Crippen LogP contribution in [0.1, 0.15) is 69.9 Å². The highest BCUT2D eigenvalue weighted by Gasteiger charge is 2.43. The molecule has 3 N–H and O–H groups in total. The number of carbonyl (C=O) groups excluding carboxylic acids is 2. The number of pyridine rings is 1. The summed E-state index contributed by atoms with van der Waals surface area (Å²) < 4.78 is 39.4. The maximum atomic E-state index is 14.0. The lowest BCUT2D eigenvalue weighted by Gasteiger charge is -2.42. The minimum absolute atomic E-state index is 0.152. The van der Waals surface area contributed by atoms with Crippen LogP contribution in [0, 0.1) is 5.92 Å². The molecule has 16 heteroatoms. The molecular weight excluding hydrogens is 651 g/mol. The largest absolute Gasteiger partial charge is 0.490 e. The number of aliphatic carboxylic acids is 1. The molecule has 0 unspecified atom stereocenters. The second-order valence-corrected chi connectivity index (χ2v) is 13.8. The SMILES string of the molecule is CCSc1cc(C2(Cc3nncn3C)COC2)cc(N2Cc3c(C(N)=O)cc(CN4CCC[C@H](C)C4)cc3C2=O)n1.O=C(O)C(F)(F)F. The molecule has 2 saturated heterocycles. The fraction of sp³-hybridized carbons (Fsp3) is 0.500. The summed E-state index contributed by atoms with van der Waals surface area (Å²) in [5, 5.41) is 16.3. The van der Waals surface area contributed by atoms with Gasteiger partial charge in [-0.25, -0.2) is 9.78 Å². The van der Waals surface area contributed by atoms with Gasteiger partial charge in [-0.1, -0.05) is 13.8 Å². The predicted molar refractivity (Wildman–Crippen MR) is 171 cm³/mol.